The van der Waals surface area contributed by atoms with E-state index in [-0.39, 0.29) is 18.8 Å². The van der Waals surface area contributed by atoms with Gasteiger partial charge in [0.1, 0.15) is 0 Å². The van der Waals surface area contributed by atoms with Gasteiger partial charge in [0.2, 0.25) is 5.92 Å². The quantitative estimate of drug-likeness (QED) is 0.904. The zero-order chi connectivity index (χ0) is 13.3. The molecule has 1 heterocycles. The molecule has 1 fully saturated rings. The first-order chi connectivity index (χ1) is 8.37. The lowest BCUT2D eigenvalue weighted by Gasteiger charge is -2.31. The normalized spacial score (nSPS) is 22.1. The summed E-state index contributed by atoms with van der Waals surface area (Å²) in [4.78, 5) is 0. The Hall–Kier alpha value is -0.970. The molecule has 1 aromatic heterocycles. The molecule has 0 amide bonds. The minimum atomic E-state index is -2.53. The summed E-state index contributed by atoms with van der Waals surface area (Å²) in [6, 6.07) is 1.93. The molecule has 18 heavy (non-hydrogen) atoms. The molecule has 1 aromatic rings. The van der Waals surface area contributed by atoms with Crippen LogP contribution in [-0.4, -0.2) is 26.9 Å². The zero-order valence-electron chi connectivity index (χ0n) is 10.9. The minimum Gasteiger partial charge on any atom is -0.392 e. The van der Waals surface area contributed by atoms with Gasteiger partial charge in [0.15, 0.2) is 0 Å². The topological polar surface area (TPSA) is 38.0 Å². The summed E-state index contributed by atoms with van der Waals surface area (Å²) in [7, 11) is 1.84. The maximum absolute atomic E-state index is 13.0. The van der Waals surface area contributed by atoms with E-state index in [2.05, 4.69) is 5.10 Å². The van der Waals surface area contributed by atoms with Crippen molar-refractivity contribution < 1.29 is 13.9 Å². The molecule has 1 N–H and O–H groups in total. The van der Waals surface area contributed by atoms with Crippen LogP contribution in [-0.2, 0) is 13.5 Å². The summed E-state index contributed by atoms with van der Waals surface area (Å²) in [5.41, 5.74) is 1.87. The summed E-state index contributed by atoms with van der Waals surface area (Å²) in [6.45, 7) is 1.90. The molecule has 102 valence electrons. The predicted octanol–water partition coefficient (Wildman–Crippen LogP) is 2.46. The van der Waals surface area contributed by atoms with Gasteiger partial charge in [-0.2, -0.15) is 5.10 Å². The number of aliphatic hydroxyl groups is 1. The van der Waals surface area contributed by atoms with E-state index in [1.807, 2.05) is 20.0 Å². The second-order valence-electron chi connectivity index (χ2n) is 5.37. The number of alkyl halides is 2. The highest BCUT2D eigenvalue weighted by molar-refractivity contribution is 5.09. The Morgan fingerprint density at radius 2 is 2.11 bits per heavy atom. The molecule has 0 spiro atoms. The number of rotatable bonds is 3. The van der Waals surface area contributed by atoms with Crippen LogP contribution in [0.1, 0.15) is 37.1 Å². The van der Waals surface area contributed by atoms with Crippen molar-refractivity contribution in [2.45, 2.75) is 51.1 Å². The Bertz CT molecular complexity index is 407. The van der Waals surface area contributed by atoms with E-state index in [4.69, 9.17) is 0 Å². The van der Waals surface area contributed by atoms with E-state index in [1.54, 1.807) is 4.68 Å². The van der Waals surface area contributed by atoms with Crippen LogP contribution in [0.15, 0.2) is 6.07 Å². The SMILES string of the molecule is Cc1cc(CC(O)C2CCC(F)(F)CC2)n(C)n1. The Morgan fingerprint density at radius 1 is 1.50 bits per heavy atom. The number of halogens is 2. The monoisotopic (exact) mass is 258 g/mol. The van der Waals surface area contributed by atoms with Crippen molar-refractivity contribution in [3.63, 3.8) is 0 Å². The molecule has 1 unspecified atom stereocenters. The molecule has 1 saturated carbocycles. The standard InChI is InChI=1S/C13H20F2N2O/c1-9-7-11(17(2)16-9)8-12(18)10-3-5-13(14,15)6-4-10/h7,10,12,18H,3-6,8H2,1-2H3. The third kappa shape index (κ3) is 3.07. The molecule has 1 aliphatic carbocycles. The zero-order valence-corrected chi connectivity index (χ0v) is 10.9. The summed E-state index contributed by atoms with van der Waals surface area (Å²) in [5.74, 6) is -2.54. The molecule has 0 aromatic carbocycles. The molecule has 0 aliphatic heterocycles. The third-order valence-corrected chi connectivity index (χ3v) is 3.82. The third-order valence-electron chi connectivity index (χ3n) is 3.82. The predicted molar refractivity (Wildman–Crippen MR) is 64.6 cm³/mol. The molecule has 5 heteroatoms. The van der Waals surface area contributed by atoms with Gasteiger partial charge in [-0.25, -0.2) is 8.78 Å². The second kappa shape index (κ2) is 4.96. The highest BCUT2D eigenvalue weighted by Crippen LogP contribution is 2.37. The van der Waals surface area contributed by atoms with Crippen molar-refractivity contribution in [2.24, 2.45) is 13.0 Å². The van der Waals surface area contributed by atoms with Crippen molar-refractivity contribution in [3.8, 4) is 0 Å². The molecule has 0 bridgehead atoms. The maximum atomic E-state index is 13.0. The van der Waals surface area contributed by atoms with E-state index >= 15 is 0 Å². The van der Waals surface area contributed by atoms with Gasteiger partial charge in [0.05, 0.1) is 11.8 Å². The van der Waals surface area contributed by atoms with Crippen LogP contribution in [0.3, 0.4) is 0 Å². The van der Waals surface area contributed by atoms with E-state index < -0.39 is 12.0 Å². The van der Waals surface area contributed by atoms with Gasteiger partial charge in [-0.05, 0) is 31.7 Å². The van der Waals surface area contributed by atoms with E-state index in [9.17, 15) is 13.9 Å². The van der Waals surface area contributed by atoms with E-state index in [0.29, 0.717) is 19.3 Å². The number of hydrogen-bond donors (Lipinski definition) is 1. The number of aliphatic hydroxyl groups excluding tert-OH is 1. The first kappa shape index (κ1) is 13.5. The van der Waals surface area contributed by atoms with Crippen LogP contribution in [0.4, 0.5) is 8.78 Å². The lowest BCUT2D eigenvalue weighted by molar-refractivity contribution is -0.0621. The molecule has 1 atom stereocenters. The molecule has 0 radical (unpaired) electrons. The highest BCUT2D eigenvalue weighted by Gasteiger charge is 2.37. The highest BCUT2D eigenvalue weighted by atomic mass is 19.3. The molecule has 3 nitrogen and oxygen atoms in total. The Balaban J connectivity index is 1.93. The van der Waals surface area contributed by atoms with Gasteiger partial charge in [-0.15, -0.1) is 0 Å². The van der Waals surface area contributed by atoms with Gasteiger partial charge in [0, 0.05) is 32.0 Å². The fourth-order valence-electron chi connectivity index (χ4n) is 2.68. The Kier molecular flexibility index (Phi) is 3.71. The Morgan fingerprint density at radius 3 is 2.61 bits per heavy atom. The van der Waals surface area contributed by atoms with Crippen LogP contribution < -0.4 is 0 Å². The summed E-state index contributed by atoms with van der Waals surface area (Å²) in [5, 5.41) is 14.4. The van der Waals surface area contributed by atoms with Crippen LogP contribution >= 0.6 is 0 Å². The van der Waals surface area contributed by atoms with Crippen LogP contribution in [0.25, 0.3) is 0 Å². The fourth-order valence-corrected chi connectivity index (χ4v) is 2.68. The molecule has 2 rings (SSSR count). The second-order valence-corrected chi connectivity index (χ2v) is 5.37. The first-order valence-corrected chi connectivity index (χ1v) is 6.43. The first-order valence-electron chi connectivity index (χ1n) is 6.43. The van der Waals surface area contributed by atoms with Gasteiger partial charge in [-0.1, -0.05) is 0 Å². The number of hydrogen-bond acceptors (Lipinski definition) is 2. The average Bonchev–Trinajstić information content (AvgIpc) is 2.57. The van der Waals surface area contributed by atoms with Gasteiger partial charge in [-0.3, -0.25) is 4.68 Å². The number of nitrogens with zero attached hydrogens (tertiary/aromatic N) is 2. The molecular formula is C13H20F2N2O. The molecule has 0 saturated heterocycles. The fraction of sp³-hybridized carbons (Fsp3) is 0.769. The smallest absolute Gasteiger partial charge is 0.248 e. The van der Waals surface area contributed by atoms with Crippen molar-refractivity contribution >= 4 is 0 Å². The van der Waals surface area contributed by atoms with Crippen LogP contribution in [0.5, 0.6) is 0 Å². The van der Waals surface area contributed by atoms with Crippen LogP contribution in [0, 0.1) is 12.8 Å². The summed E-state index contributed by atoms with van der Waals surface area (Å²) < 4.78 is 27.8. The number of aromatic nitrogens is 2. The minimum absolute atomic E-state index is 0.0140. The summed E-state index contributed by atoms with van der Waals surface area (Å²) in [6.07, 6.45) is 0.567. The maximum Gasteiger partial charge on any atom is 0.248 e. The van der Waals surface area contributed by atoms with Crippen molar-refractivity contribution in [2.75, 3.05) is 0 Å². The lowest BCUT2D eigenvalue weighted by atomic mass is 9.82. The average molecular weight is 258 g/mol. The van der Waals surface area contributed by atoms with Crippen LogP contribution in [0.2, 0.25) is 0 Å². The van der Waals surface area contributed by atoms with Crippen molar-refractivity contribution in [3.05, 3.63) is 17.5 Å². The number of aryl methyl sites for hydroxylation is 2. The van der Waals surface area contributed by atoms with Gasteiger partial charge < -0.3 is 5.11 Å². The molecule has 1 aliphatic rings. The largest absolute Gasteiger partial charge is 0.392 e. The van der Waals surface area contributed by atoms with E-state index in [1.165, 1.54) is 0 Å². The van der Waals surface area contributed by atoms with Gasteiger partial charge in [0.25, 0.3) is 0 Å². The molecular weight excluding hydrogens is 238 g/mol. The van der Waals surface area contributed by atoms with Gasteiger partial charge >= 0.3 is 0 Å². The van der Waals surface area contributed by atoms with Crippen molar-refractivity contribution in [1.82, 2.24) is 9.78 Å². The van der Waals surface area contributed by atoms with E-state index in [0.717, 1.165) is 11.4 Å². The summed E-state index contributed by atoms with van der Waals surface area (Å²) >= 11 is 0. The van der Waals surface area contributed by atoms with Crippen molar-refractivity contribution in [1.29, 1.82) is 0 Å². The Labute approximate surface area is 106 Å². The lowest BCUT2D eigenvalue weighted by Crippen LogP contribution is -2.32.